The maximum absolute atomic E-state index is 13.2. The van der Waals surface area contributed by atoms with Crippen LogP contribution in [0.4, 0.5) is 0 Å². The number of carbonyl (C=O) groups is 1. The van der Waals surface area contributed by atoms with Gasteiger partial charge in [0, 0.05) is 31.4 Å². The fourth-order valence-electron chi connectivity index (χ4n) is 4.50. The molecule has 0 aliphatic heterocycles. The highest BCUT2D eigenvalue weighted by molar-refractivity contribution is 5.97. The number of H-pyrrole nitrogens is 1. The lowest BCUT2D eigenvalue weighted by atomic mass is 9.60. The first-order valence-corrected chi connectivity index (χ1v) is 9.99. The maximum atomic E-state index is 13.2. The Morgan fingerprint density at radius 1 is 1.14 bits per heavy atom. The van der Waals surface area contributed by atoms with E-state index in [0.717, 1.165) is 0 Å². The summed E-state index contributed by atoms with van der Waals surface area (Å²) in [5.74, 6) is -1.98. The van der Waals surface area contributed by atoms with E-state index < -0.39 is 53.9 Å². The summed E-state index contributed by atoms with van der Waals surface area (Å²) >= 11 is 0. The number of amides is 1. The quantitative estimate of drug-likeness (QED) is 0.704. The van der Waals surface area contributed by atoms with Gasteiger partial charge in [-0.15, -0.1) is 0 Å². The second-order valence-corrected chi connectivity index (χ2v) is 9.48. The number of aliphatic hydroxyl groups is 1. The van der Waals surface area contributed by atoms with E-state index in [0.29, 0.717) is 10.9 Å². The van der Waals surface area contributed by atoms with E-state index in [9.17, 15) is 14.7 Å². The van der Waals surface area contributed by atoms with Crippen molar-refractivity contribution < 1.29 is 18.1 Å². The third kappa shape index (κ3) is 4.40. The number of rotatable bonds is 2. The van der Waals surface area contributed by atoms with Gasteiger partial charge in [-0.2, -0.15) is 0 Å². The van der Waals surface area contributed by atoms with Gasteiger partial charge in [0.25, 0.3) is 5.91 Å². The molecule has 0 bridgehead atoms. The van der Waals surface area contributed by atoms with E-state index in [1.165, 1.54) is 13.1 Å². The lowest BCUT2D eigenvalue weighted by Crippen LogP contribution is -2.54. The van der Waals surface area contributed by atoms with Crippen molar-refractivity contribution in [2.75, 3.05) is 0 Å². The summed E-state index contributed by atoms with van der Waals surface area (Å²) in [7, 11) is 0. The average molecular weight is 405 g/mol. The van der Waals surface area contributed by atoms with Crippen molar-refractivity contribution in [2.24, 2.45) is 22.7 Å². The van der Waals surface area contributed by atoms with Gasteiger partial charge < -0.3 is 15.4 Å². The molecule has 4 atom stereocenters. The molecule has 2 aromatic rings. The molecule has 3 rings (SSSR count). The average Bonchev–Trinajstić information content (AvgIpc) is 2.71. The molecule has 1 amide bonds. The second kappa shape index (κ2) is 7.60. The minimum atomic E-state index is -2.83. The number of hydrogen-bond donors (Lipinski definition) is 3. The summed E-state index contributed by atoms with van der Waals surface area (Å²) in [5, 5.41) is 14.3. The van der Waals surface area contributed by atoms with Gasteiger partial charge >= 0.3 is 0 Å². The van der Waals surface area contributed by atoms with Crippen LogP contribution in [0.25, 0.3) is 10.9 Å². The first-order valence-electron chi connectivity index (χ1n) is 13.0. The monoisotopic (exact) mass is 404 g/mol. The highest BCUT2D eigenvalue weighted by Crippen LogP contribution is 2.46. The first-order chi connectivity index (χ1) is 15.9. The van der Waals surface area contributed by atoms with Gasteiger partial charge in [-0.05, 0) is 47.6 Å². The molecule has 29 heavy (non-hydrogen) atoms. The van der Waals surface area contributed by atoms with Gasteiger partial charge in [-0.25, -0.2) is 0 Å². The Hall–Kier alpha value is -2.14. The number of aliphatic hydroxyl groups excluding tert-OH is 1. The molecule has 1 heterocycles. The molecule has 4 unspecified atom stereocenters. The predicted octanol–water partition coefficient (Wildman–Crippen LogP) is 4.11. The Labute approximate surface area is 181 Å². The SMILES string of the molecule is [2H]C([2H])([2H])C(C)(C1CC(C(C)(C)C)C(NC(=O)c2c[nH]c3ccccc3c2=O)CC1O)C([2H])([2H])[2H]. The molecule has 1 saturated carbocycles. The number of aromatic amines is 1. The van der Waals surface area contributed by atoms with E-state index in [4.69, 9.17) is 8.22 Å². The van der Waals surface area contributed by atoms with Gasteiger partial charge in [0.2, 0.25) is 5.43 Å². The van der Waals surface area contributed by atoms with Crippen LogP contribution in [0.1, 0.15) is 72.8 Å². The summed E-state index contributed by atoms with van der Waals surface area (Å²) in [6.45, 7) is 1.32. The Balaban J connectivity index is 1.96. The number of para-hydroxylation sites is 1. The summed E-state index contributed by atoms with van der Waals surface area (Å²) in [6.07, 6.45) is 0.163. The number of fused-ring (bicyclic) bond motifs is 1. The molecule has 1 aliphatic rings. The van der Waals surface area contributed by atoms with Crippen molar-refractivity contribution >= 4 is 16.8 Å². The van der Waals surface area contributed by atoms with Crippen LogP contribution in [0.15, 0.2) is 35.3 Å². The standard InChI is InChI=1S/C24H34N2O3/c1-23(2,3)16-11-17(24(4,5)6)20(27)12-19(16)26-22(29)15-13-25-18-10-8-7-9-14(18)21(15)28/h7-10,13,16-17,19-20,27H,11-12H2,1-6H3,(H,25,28)(H,26,29)/i4D3,5D3. The highest BCUT2D eigenvalue weighted by atomic mass is 16.3. The zero-order valence-corrected chi connectivity index (χ0v) is 17.4. The van der Waals surface area contributed by atoms with E-state index in [1.54, 1.807) is 24.3 Å². The fourth-order valence-corrected chi connectivity index (χ4v) is 4.50. The molecule has 0 radical (unpaired) electrons. The zero-order chi connectivity index (χ0) is 26.6. The maximum Gasteiger partial charge on any atom is 0.256 e. The van der Waals surface area contributed by atoms with Crippen LogP contribution >= 0.6 is 0 Å². The van der Waals surface area contributed by atoms with E-state index in [2.05, 4.69) is 10.3 Å². The molecule has 0 saturated heterocycles. The van der Waals surface area contributed by atoms with E-state index in [1.807, 2.05) is 20.8 Å². The van der Waals surface area contributed by atoms with Crippen LogP contribution in [0.2, 0.25) is 0 Å². The van der Waals surface area contributed by atoms with Crippen molar-refractivity contribution in [3.05, 3.63) is 46.2 Å². The summed E-state index contributed by atoms with van der Waals surface area (Å²) < 4.78 is 48.1. The Morgan fingerprint density at radius 3 is 2.48 bits per heavy atom. The molecule has 1 aliphatic carbocycles. The van der Waals surface area contributed by atoms with Crippen LogP contribution in [0.5, 0.6) is 0 Å². The molecular formula is C24H34N2O3. The lowest BCUT2D eigenvalue weighted by Gasteiger charge is -2.49. The summed E-state index contributed by atoms with van der Waals surface area (Å²) in [5.41, 5.74) is -2.46. The Morgan fingerprint density at radius 2 is 1.83 bits per heavy atom. The van der Waals surface area contributed by atoms with E-state index in [-0.39, 0.29) is 24.3 Å². The predicted molar refractivity (Wildman–Crippen MR) is 117 cm³/mol. The minimum absolute atomic E-state index is 0.0222. The van der Waals surface area contributed by atoms with Crippen molar-refractivity contribution in [2.45, 2.75) is 66.4 Å². The van der Waals surface area contributed by atoms with Gasteiger partial charge in [0.1, 0.15) is 5.56 Å². The second-order valence-electron chi connectivity index (χ2n) is 9.48. The third-order valence-electron chi connectivity index (χ3n) is 6.16. The van der Waals surface area contributed by atoms with Crippen LogP contribution in [0, 0.1) is 22.7 Å². The molecule has 1 aromatic carbocycles. The van der Waals surface area contributed by atoms with Crippen molar-refractivity contribution in [3.8, 4) is 0 Å². The van der Waals surface area contributed by atoms with Crippen LogP contribution in [0.3, 0.4) is 0 Å². The van der Waals surface area contributed by atoms with Crippen molar-refractivity contribution in [1.29, 1.82) is 0 Å². The van der Waals surface area contributed by atoms with Gasteiger partial charge in [0.05, 0.1) is 6.10 Å². The number of benzene rings is 1. The molecule has 5 heteroatoms. The van der Waals surface area contributed by atoms with Crippen LogP contribution < -0.4 is 10.7 Å². The number of hydrogen-bond acceptors (Lipinski definition) is 3. The number of aromatic nitrogens is 1. The molecule has 158 valence electrons. The number of carbonyl (C=O) groups excluding carboxylic acids is 1. The Bertz CT molecular complexity index is 1130. The number of nitrogens with one attached hydrogen (secondary N) is 2. The molecule has 5 nitrogen and oxygen atoms in total. The lowest BCUT2D eigenvalue weighted by molar-refractivity contribution is -0.0441. The topological polar surface area (TPSA) is 82.2 Å². The molecule has 3 N–H and O–H groups in total. The normalized spacial score (nSPS) is 29.7. The molecule has 1 aromatic heterocycles. The van der Waals surface area contributed by atoms with E-state index >= 15 is 0 Å². The highest BCUT2D eigenvalue weighted by Gasteiger charge is 2.45. The summed E-state index contributed by atoms with van der Waals surface area (Å²) in [6, 6.07) is 6.26. The van der Waals surface area contributed by atoms with Crippen LogP contribution in [-0.4, -0.2) is 28.1 Å². The Kier molecular flexibility index (Phi) is 3.87. The molecule has 0 spiro atoms. The minimum Gasteiger partial charge on any atom is -0.393 e. The van der Waals surface area contributed by atoms with Gasteiger partial charge in [-0.3, -0.25) is 9.59 Å². The molecular weight excluding hydrogens is 364 g/mol. The fraction of sp³-hybridized carbons (Fsp3) is 0.583. The van der Waals surface area contributed by atoms with Crippen LogP contribution in [-0.2, 0) is 0 Å². The molecule has 1 fully saturated rings. The van der Waals surface area contributed by atoms with Gasteiger partial charge in [-0.1, -0.05) is 53.5 Å². The van der Waals surface area contributed by atoms with Crippen molar-refractivity contribution in [1.82, 2.24) is 10.3 Å². The first kappa shape index (κ1) is 14.8. The summed E-state index contributed by atoms with van der Waals surface area (Å²) in [4.78, 5) is 29.0. The van der Waals surface area contributed by atoms with Crippen molar-refractivity contribution in [3.63, 3.8) is 0 Å². The largest absolute Gasteiger partial charge is 0.393 e. The van der Waals surface area contributed by atoms with Gasteiger partial charge in [0.15, 0.2) is 0 Å². The zero-order valence-electron chi connectivity index (χ0n) is 23.4. The smallest absolute Gasteiger partial charge is 0.256 e. The number of pyridine rings is 1. The third-order valence-corrected chi connectivity index (χ3v) is 6.16.